The topological polar surface area (TPSA) is 29.5 Å². The zero-order chi connectivity index (χ0) is 13.8. The van der Waals surface area contributed by atoms with Gasteiger partial charge < -0.3 is 4.74 Å². The van der Waals surface area contributed by atoms with Crippen LogP contribution in [0, 0.1) is 0 Å². The molecule has 0 aliphatic heterocycles. The van der Waals surface area contributed by atoms with Crippen molar-refractivity contribution in [1.29, 1.82) is 0 Å². The first-order valence-corrected chi connectivity index (χ1v) is 6.38. The summed E-state index contributed by atoms with van der Waals surface area (Å²) >= 11 is 0. The van der Waals surface area contributed by atoms with E-state index < -0.39 is 24.7 Å². The van der Waals surface area contributed by atoms with E-state index in [0.717, 1.165) is 12.8 Å². The van der Waals surface area contributed by atoms with Crippen LogP contribution in [0.25, 0.3) is 0 Å². The Bertz CT molecular complexity index is 277. The maximum absolute atomic E-state index is 12.5. The summed E-state index contributed by atoms with van der Waals surface area (Å²) in [6, 6.07) is -0.878. The molecule has 0 aromatic heterocycles. The summed E-state index contributed by atoms with van der Waals surface area (Å²) in [5.74, 6) is -0.532. The first-order chi connectivity index (χ1) is 8.39. The van der Waals surface area contributed by atoms with Crippen LogP contribution in [0.15, 0.2) is 0 Å². The summed E-state index contributed by atoms with van der Waals surface area (Å²) in [7, 11) is 0. The number of esters is 1. The number of halogens is 3. The average Bonchev–Trinajstić information content (AvgIpc) is 3.05. The van der Waals surface area contributed by atoms with Gasteiger partial charge in [-0.1, -0.05) is 13.3 Å². The van der Waals surface area contributed by atoms with Crippen molar-refractivity contribution >= 4 is 5.97 Å². The Morgan fingerprint density at radius 3 is 2.39 bits per heavy atom. The van der Waals surface area contributed by atoms with Gasteiger partial charge in [-0.3, -0.25) is 9.69 Å². The Morgan fingerprint density at radius 1 is 1.39 bits per heavy atom. The van der Waals surface area contributed by atoms with Crippen molar-refractivity contribution in [3.05, 3.63) is 0 Å². The molecule has 1 aliphatic rings. The molecule has 3 nitrogen and oxygen atoms in total. The quantitative estimate of drug-likeness (QED) is 0.664. The molecule has 0 aromatic rings. The first-order valence-electron chi connectivity index (χ1n) is 6.38. The third kappa shape index (κ3) is 4.84. The van der Waals surface area contributed by atoms with Gasteiger partial charge in [0.25, 0.3) is 0 Å². The van der Waals surface area contributed by atoms with Gasteiger partial charge in [-0.15, -0.1) is 0 Å². The van der Waals surface area contributed by atoms with Crippen molar-refractivity contribution in [2.45, 2.75) is 57.8 Å². The van der Waals surface area contributed by atoms with Gasteiger partial charge in [0.1, 0.15) is 6.04 Å². The highest BCUT2D eigenvalue weighted by molar-refractivity contribution is 5.75. The van der Waals surface area contributed by atoms with Gasteiger partial charge in [0.2, 0.25) is 0 Å². The second-order valence-corrected chi connectivity index (χ2v) is 4.58. The molecular weight excluding hydrogens is 247 g/mol. The van der Waals surface area contributed by atoms with Crippen molar-refractivity contribution in [3.63, 3.8) is 0 Å². The van der Waals surface area contributed by atoms with E-state index in [4.69, 9.17) is 4.74 Å². The van der Waals surface area contributed by atoms with Crippen LogP contribution in [0.4, 0.5) is 13.2 Å². The molecule has 0 saturated heterocycles. The van der Waals surface area contributed by atoms with Crippen molar-refractivity contribution in [2.24, 2.45) is 0 Å². The number of ether oxygens (including phenoxy) is 1. The number of carbonyl (C=O) groups is 1. The maximum atomic E-state index is 12.5. The molecule has 0 spiro atoms. The highest BCUT2D eigenvalue weighted by Gasteiger charge is 2.43. The van der Waals surface area contributed by atoms with Gasteiger partial charge in [-0.25, -0.2) is 0 Å². The highest BCUT2D eigenvalue weighted by atomic mass is 19.4. The number of nitrogens with zero attached hydrogens (tertiary/aromatic N) is 1. The second-order valence-electron chi connectivity index (χ2n) is 4.58. The third-order valence-electron chi connectivity index (χ3n) is 2.90. The van der Waals surface area contributed by atoms with Crippen molar-refractivity contribution in [2.75, 3.05) is 13.2 Å². The average molecular weight is 267 g/mol. The molecule has 1 atom stereocenters. The van der Waals surface area contributed by atoms with Crippen molar-refractivity contribution < 1.29 is 22.7 Å². The summed E-state index contributed by atoms with van der Waals surface area (Å²) in [4.78, 5) is 13.0. The predicted molar refractivity (Wildman–Crippen MR) is 61.1 cm³/mol. The largest absolute Gasteiger partial charge is 0.465 e. The lowest BCUT2D eigenvalue weighted by atomic mass is 10.1. The van der Waals surface area contributed by atoms with Crippen LogP contribution >= 0.6 is 0 Å². The molecule has 1 rings (SSSR count). The fraction of sp³-hybridized carbons (Fsp3) is 0.917. The number of alkyl halides is 3. The van der Waals surface area contributed by atoms with Gasteiger partial charge in [0.15, 0.2) is 0 Å². The molecular formula is C12H20F3NO2. The fourth-order valence-corrected chi connectivity index (χ4v) is 2.04. The molecule has 1 fully saturated rings. The predicted octanol–water partition coefficient (Wildman–Crippen LogP) is 2.74. The first kappa shape index (κ1) is 15.3. The van der Waals surface area contributed by atoms with Crippen LogP contribution in [-0.2, 0) is 9.53 Å². The van der Waals surface area contributed by atoms with Gasteiger partial charge in [0, 0.05) is 6.04 Å². The monoisotopic (exact) mass is 267 g/mol. The van der Waals surface area contributed by atoms with Gasteiger partial charge in [-0.2, -0.15) is 13.2 Å². The second kappa shape index (κ2) is 6.41. The van der Waals surface area contributed by atoms with Crippen LogP contribution in [-0.4, -0.2) is 42.3 Å². The Kier molecular flexibility index (Phi) is 5.44. The molecule has 0 bridgehead atoms. The molecule has 0 N–H and O–H groups in total. The van der Waals surface area contributed by atoms with Crippen LogP contribution in [0.3, 0.4) is 0 Å². The Balaban J connectivity index is 2.74. The number of rotatable bonds is 7. The smallest absolute Gasteiger partial charge is 0.401 e. The molecule has 1 unspecified atom stereocenters. The molecule has 0 aromatic carbocycles. The van der Waals surface area contributed by atoms with Crippen LogP contribution in [0.1, 0.15) is 39.5 Å². The molecule has 0 radical (unpaired) electrons. The molecule has 106 valence electrons. The van der Waals surface area contributed by atoms with Crippen LogP contribution < -0.4 is 0 Å². The lowest BCUT2D eigenvalue weighted by molar-refractivity contribution is -0.166. The van der Waals surface area contributed by atoms with Crippen LogP contribution in [0.2, 0.25) is 0 Å². The van der Waals surface area contributed by atoms with E-state index in [9.17, 15) is 18.0 Å². The van der Waals surface area contributed by atoms with Crippen LogP contribution in [0.5, 0.6) is 0 Å². The molecule has 18 heavy (non-hydrogen) atoms. The van der Waals surface area contributed by atoms with Gasteiger partial charge in [-0.05, 0) is 26.2 Å². The SMILES string of the molecule is CCCC(C(=O)OCC)N(CC(F)(F)F)C1CC1. The lowest BCUT2D eigenvalue weighted by Crippen LogP contribution is -2.47. The summed E-state index contributed by atoms with van der Waals surface area (Å²) in [5, 5.41) is 0. The zero-order valence-electron chi connectivity index (χ0n) is 10.8. The molecule has 0 amide bonds. The standard InChI is InChI=1S/C12H20F3NO2/c1-3-5-10(11(17)18-4-2)16(9-6-7-9)8-12(13,14)15/h9-10H,3-8H2,1-2H3. The lowest BCUT2D eigenvalue weighted by Gasteiger charge is -2.30. The van der Waals surface area contributed by atoms with Gasteiger partial charge >= 0.3 is 12.1 Å². The summed E-state index contributed by atoms with van der Waals surface area (Å²) in [6.07, 6.45) is -1.75. The van der Waals surface area contributed by atoms with Crippen molar-refractivity contribution in [1.82, 2.24) is 4.90 Å². The Morgan fingerprint density at radius 2 is 2.00 bits per heavy atom. The number of carbonyl (C=O) groups excluding carboxylic acids is 1. The molecule has 6 heteroatoms. The fourth-order valence-electron chi connectivity index (χ4n) is 2.04. The minimum absolute atomic E-state index is 0.118. The summed E-state index contributed by atoms with van der Waals surface area (Å²) in [6.45, 7) is 2.68. The minimum atomic E-state index is -4.28. The molecule has 1 saturated carbocycles. The van der Waals surface area contributed by atoms with E-state index in [2.05, 4.69) is 0 Å². The zero-order valence-corrected chi connectivity index (χ0v) is 10.8. The number of hydrogen-bond donors (Lipinski definition) is 0. The highest BCUT2D eigenvalue weighted by Crippen LogP contribution is 2.33. The van der Waals surface area contributed by atoms with E-state index in [1.165, 1.54) is 4.90 Å². The van der Waals surface area contributed by atoms with E-state index in [1.54, 1.807) is 6.92 Å². The Hall–Kier alpha value is -0.780. The molecule has 1 aliphatic carbocycles. The van der Waals surface area contributed by atoms with E-state index in [0.29, 0.717) is 12.8 Å². The van der Waals surface area contributed by atoms with Gasteiger partial charge in [0.05, 0.1) is 13.2 Å². The normalized spacial score (nSPS) is 17.9. The number of hydrogen-bond acceptors (Lipinski definition) is 3. The molecule has 0 heterocycles. The Labute approximate surface area is 105 Å². The summed E-state index contributed by atoms with van der Waals surface area (Å²) < 4.78 is 42.5. The maximum Gasteiger partial charge on any atom is 0.401 e. The summed E-state index contributed by atoms with van der Waals surface area (Å²) in [5.41, 5.74) is 0. The van der Waals surface area contributed by atoms with E-state index in [-0.39, 0.29) is 12.6 Å². The third-order valence-corrected chi connectivity index (χ3v) is 2.90. The minimum Gasteiger partial charge on any atom is -0.465 e. The van der Waals surface area contributed by atoms with E-state index in [1.807, 2.05) is 6.92 Å². The van der Waals surface area contributed by atoms with Crippen molar-refractivity contribution in [3.8, 4) is 0 Å². The van der Waals surface area contributed by atoms with E-state index >= 15 is 0 Å².